The zero-order valence-corrected chi connectivity index (χ0v) is 11.0. The minimum absolute atomic E-state index is 0.131. The van der Waals surface area contributed by atoms with Crippen molar-refractivity contribution in [2.24, 2.45) is 0 Å². The smallest absolute Gasteiger partial charge is 0.341 e. The lowest BCUT2D eigenvalue weighted by molar-refractivity contribution is 0.0328. The molecular weight excluding hydrogens is 286 g/mol. The predicted molar refractivity (Wildman–Crippen MR) is 73.2 cm³/mol. The Morgan fingerprint density at radius 1 is 1.35 bits per heavy atom. The number of aliphatic hydroxyl groups excluding tert-OH is 2. The largest absolute Gasteiger partial charge is 0.477 e. The number of carbonyl (C=O) groups is 1. The first-order valence-corrected chi connectivity index (χ1v) is 6.30. The Morgan fingerprint density at radius 2 is 2.05 bits per heavy atom. The van der Waals surface area contributed by atoms with Gasteiger partial charge in [0.2, 0.25) is 5.43 Å². The van der Waals surface area contributed by atoms with Gasteiger partial charge in [-0.05, 0) is 17.7 Å². The van der Waals surface area contributed by atoms with Crippen LogP contribution < -0.4 is 5.43 Å². The van der Waals surface area contributed by atoms with Crippen LogP contribution in [0, 0.1) is 0 Å². The number of rotatable bonds is 4. The highest BCUT2D eigenvalue weighted by Gasteiger charge is 2.18. The Hall–Kier alpha value is -1.89. The zero-order valence-electron chi connectivity index (χ0n) is 10.2. The van der Waals surface area contributed by atoms with Crippen LogP contribution in [0.5, 0.6) is 0 Å². The summed E-state index contributed by atoms with van der Waals surface area (Å²) in [4.78, 5) is 25.5. The quantitative estimate of drug-likeness (QED) is 0.626. The Kier molecular flexibility index (Phi) is 4.08. The number of nitrogens with one attached hydrogen (secondary N) is 1. The Labute approximate surface area is 118 Å². The number of benzene rings is 1. The highest BCUT2D eigenvalue weighted by atomic mass is 35.5. The molecule has 2 aromatic rings. The van der Waals surface area contributed by atoms with Crippen LogP contribution in [0.2, 0.25) is 0 Å². The van der Waals surface area contributed by atoms with Gasteiger partial charge in [0, 0.05) is 17.1 Å². The number of aromatic nitrogens is 1. The van der Waals surface area contributed by atoms with Crippen LogP contribution in [0.15, 0.2) is 29.2 Å². The molecule has 7 heteroatoms. The van der Waals surface area contributed by atoms with E-state index in [9.17, 15) is 19.8 Å². The first kappa shape index (κ1) is 14.5. The SMILES string of the molecule is O=C(O)c1c[nH]c2cc(C(O)C(O)CCl)ccc2c1=O. The standard InChI is InChI=1S/C13H12ClNO5/c14-4-10(16)11(17)6-1-2-7-9(3-6)15-5-8(12(7)18)13(19)20/h1-3,5,10-11,16-17H,4H2,(H,15,18)(H,19,20). The average molecular weight is 298 g/mol. The van der Waals surface area contributed by atoms with Crippen molar-refractivity contribution in [3.8, 4) is 0 Å². The maximum absolute atomic E-state index is 11.9. The summed E-state index contributed by atoms with van der Waals surface area (Å²) in [6.07, 6.45) is -1.21. The lowest BCUT2D eigenvalue weighted by Crippen LogP contribution is -2.20. The molecule has 0 saturated heterocycles. The van der Waals surface area contributed by atoms with Crippen molar-refractivity contribution in [2.75, 3.05) is 5.88 Å². The minimum Gasteiger partial charge on any atom is -0.477 e. The molecule has 0 saturated carbocycles. The van der Waals surface area contributed by atoms with Crippen molar-refractivity contribution in [3.63, 3.8) is 0 Å². The molecular formula is C13H12ClNO5. The topological polar surface area (TPSA) is 111 Å². The number of aromatic amines is 1. The second-order valence-corrected chi connectivity index (χ2v) is 4.62. The molecule has 0 fully saturated rings. The molecule has 1 heterocycles. The number of aliphatic hydroxyl groups is 2. The summed E-state index contributed by atoms with van der Waals surface area (Å²) >= 11 is 5.46. The fourth-order valence-corrected chi connectivity index (χ4v) is 2.06. The van der Waals surface area contributed by atoms with Crippen molar-refractivity contribution >= 4 is 28.5 Å². The van der Waals surface area contributed by atoms with E-state index in [1.54, 1.807) is 0 Å². The lowest BCUT2D eigenvalue weighted by atomic mass is 10.0. The van der Waals surface area contributed by atoms with E-state index in [0.717, 1.165) is 6.20 Å². The van der Waals surface area contributed by atoms with Gasteiger partial charge in [0.05, 0.1) is 12.0 Å². The second-order valence-electron chi connectivity index (χ2n) is 4.31. The third kappa shape index (κ3) is 2.53. The van der Waals surface area contributed by atoms with Gasteiger partial charge >= 0.3 is 5.97 Å². The molecule has 0 amide bonds. The molecule has 1 aromatic heterocycles. The molecule has 0 aliphatic heterocycles. The second kappa shape index (κ2) is 5.62. The van der Waals surface area contributed by atoms with Crippen LogP contribution in [0.4, 0.5) is 0 Å². The Balaban J connectivity index is 2.55. The number of aromatic carboxylic acids is 1. The van der Waals surface area contributed by atoms with E-state index in [4.69, 9.17) is 16.7 Å². The van der Waals surface area contributed by atoms with E-state index in [1.807, 2.05) is 0 Å². The fourth-order valence-electron chi connectivity index (χ4n) is 1.89. The summed E-state index contributed by atoms with van der Waals surface area (Å²) in [6.45, 7) is 0. The number of H-pyrrole nitrogens is 1. The number of hydrogen-bond donors (Lipinski definition) is 4. The maximum Gasteiger partial charge on any atom is 0.341 e. The molecule has 0 spiro atoms. The molecule has 2 unspecified atom stereocenters. The number of pyridine rings is 1. The number of carboxylic acid groups (broad SMARTS) is 1. The molecule has 4 N–H and O–H groups in total. The van der Waals surface area contributed by atoms with Gasteiger partial charge in [0.25, 0.3) is 0 Å². The number of halogens is 1. The molecule has 20 heavy (non-hydrogen) atoms. The number of fused-ring (bicyclic) bond motifs is 1. The van der Waals surface area contributed by atoms with Crippen LogP contribution in [-0.4, -0.2) is 38.3 Å². The summed E-state index contributed by atoms with van der Waals surface area (Å²) in [6, 6.07) is 4.33. The first-order chi connectivity index (χ1) is 9.45. The van der Waals surface area contributed by atoms with E-state index in [1.165, 1.54) is 18.2 Å². The summed E-state index contributed by atoms with van der Waals surface area (Å²) in [5, 5.41) is 28.4. The number of alkyl halides is 1. The van der Waals surface area contributed by atoms with E-state index >= 15 is 0 Å². The molecule has 2 atom stereocenters. The van der Waals surface area contributed by atoms with Crippen LogP contribution >= 0.6 is 11.6 Å². The van der Waals surface area contributed by atoms with Gasteiger partial charge in [0.15, 0.2) is 0 Å². The summed E-state index contributed by atoms with van der Waals surface area (Å²) in [7, 11) is 0. The van der Waals surface area contributed by atoms with Gasteiger partial charge in [-0.1, -0.05) is 6.07 Å². The van der Waals surface area contributed by atoms with Crippen LogP contribution in [0.25, 0.3) is 10.9 Å². The van der Waals surface area contributed by atoms with Gasteiger partial charge < -0.3 is 20.3 Å². The third-order valence-corrected chi connectivity index (χ3v) is 3.32. The molecule has 2 rings (SSSR count). The Morgan fingerprint density at radius 3 is 2.65 bits per heavy atom. The average Bonchev–Trinajstić information content (AvgIpc) is 2.45. The van der Waals surface area contributed by atoms with Crippen molar-refractivity contribution in [2.45, 2.75) is 12.2 Å². The van der Waals surface area contributed by atoms with Crippen molar-refractivity contribution in [3.05, 3.63) is 45.7 Å². The van der Waals surface area contributed by atoms with Crippen LogP contribution in [0.1, 0.15) is 22.0 Å². The van der Waals surface area contributed by atoms with Crippen LogP contribution in [0.3, 0.4) is 0 Å². The van der Waals surface area contributed by atoms with E-state index in [0.29, 0.717) is 11.1 Å². The maximum atomic E-state index is 11.9. The first-order valence-electron chi connectivity index (χ1n) is 5.76. The Bertz CT molecular complexity index is 711. The van der Waals surface area contributed by atoms with E-state index in [2.05, 4.69) is 4.98 Å². The zero-order chi connectivity index (χ0) is 14.9. The monoisotopic (exact) mass is 297 g/mol. The van der Waals surface area contributed by atoms with Crippen LogP contribution in [-0.2, 0) is 0 Å². The lowest BCUT2D eigenvalue weighted by Gasteiger charge is -2.16. The predicted octanol–water partition coefficient (Wildman–Crippen LogP) is 0.859. The normalized spacial score (nSPS) is 14.2. The summed E-state index contributed by atoms with van der Waals surface area (Å²) in [5.74, 6) is -1.44. The number of carboxylic acids is 1. The van der Waals surface area contributed by atoms with Crippen molar-refractivity contribution in [1.82, 2.24) is 4.98 Å². The molecule has 106 valence electrons. The summed E-state index contributed by atoms with van der Waals surface area (Å²) < 4.78 is 0. The molecule has 6 nitrogen and oxygen atoms in total. The van der Waals surface area contributed by atoms with Gasteiger partial charge in [-0.3, -0.25) is 4.79 Å². The molecule has 0 aliphatic carbocycles. The van der Waals surface area contributed by atoms with E-state index in [-0.39, 0.29) is 16.8 Å². The van der Waals surface area contributed by atoms with Gasteiger partial charge in [-0.25, -0.2) is 4.79 Å². The molecule has 0 bridgehead atoms. The third-order valence-electron chi connectivity index (χ3n) is 3.00. The van der Waals surface area contributed by atoms with E-state index < -0.39 is 23.6 Å². The van der Waals surface area contributed by atoms with Gasteiger partial charge in [0.1, 0.15) is 11.7 Å². The highest BCUT2D eigenvalue weighted by molar-refractivity contribution is 6.18. The minimum atomic E-state index is -1.31. The van der Waals surface area contributed by atoms with Crippen molar-refractivity contribution < 1.29 is 20.1 Å². The molecule has 0 aliphatic rings. The van der Waals surface area contributed by atoms with Gasteiger partial charge in [-0.15, -0.1) is 11.6 Å². The van der Waals surface area contributed by atoms with Gasteiger partial charge in [-0.2, -0.15) is 0 Å². The fraction of sp³-hybridized carbons (Fsp3) is 0.231. The van der Waals surface area contributed by atoms with Crippen molar-refractivity contribution in [1.29, 1.82) is 0 Å². The highest BCUT2D eigenvalue weighted by Crippen LogP contribution is 2.21. The molecule has 1 aromatic carbocycles. The summed E-state index contributed by atoms with van der Waals surface area (Å²) in [5.41, 5.74) is -0.209. The molecule has 0 radical (unpaired) electrons. The number of hydrogen-bond acceptors (Lipinski definition) is 4.